The van der Waals surface area contributed by atoms with Gasteiger partial charge in [0.15, 0.2) is 11.5 Å². The van der Waals surface area contributed by atoms with Crippen LogP contribution in [0.25, 0.3) is 11.2 Å². The number of imidazole rings is 1. The van der Waals surface area contributed by atoms with E-state index in [1.54, 1.807) is 0 Å². The third kappa shape index (κ3) is 2.53. The third-order valence-corrected chi connectivity index (χ3v) is 3.65. The summed E-state index contributed by atoms with van der Waals surface area (Å²) in [6, 6.07) is 0. The summed E-state index contributed by atoms with van der Waals surface area (Å²) in [6.07, 6.45) is 2.76. The largest absolute Gasteiger partial charge is 0.343 e. The van der Waals surface area contributed by atoms with Crippen LogP contribution in [0.5, 0.6) is 0 Å². The topological polar surface area (TPSA) is 74.6 Å². The predicted molar refractivity (Wildman–Crippen MR) is 78.4 cm³/mol. The van der Waals surface area contributed by atoms with E-state index in [9.17, 15) is 0 Å². The number of fused-ring (bicyclic) bond motifs is 1. The minimum Gasteiger partial charge on any atom is -0.343 e. The summed E-state index contributed by atoms with van der Waals surface area (Å²) in [7, 11) is 0. The zero-order valence-corrected chi connectivity index (χ0v) is 12.8. The number of rotatable bonds is 6. The standard InChI is InChI=1S/C13H17ClN6O/c1-3-20-13-12(9(2)17-20)16-11(4-6-14)19(13)7-5-10-15-8-21-18-10/h8H,3-7H2,1-2H3. The smallest absolute Gasteiger partial charge is 0.213 e. The minimum absolute atomic E-state index is 0.542. The van der Waals surface area contributed by atoms with Crippen LogP contribution in [0.3, 0.4) is 0 Å². The van der Waals surface area contributed by atoms with E-state index in [1.807, 2.05) is 11.6 Å². The van der Waals surface area contributed by atoms with Gasteiger partial charge in [-0.05, 0) is 13.8 Å². The van der Waals surface area contributed by atoms with Crippen LogP contribution in [0.4, 0.5) is 0 Å². The number of alkyl halides is 1. The summed E-state index contributed by atoms with van der Waals surface area (Å²) in [6.45, 7) is 5.59. The summed E-state index contributed by atoms with van der Waals surface area (Å²) in [5.41, 5.74) is 2.93. The van der Waals surface area contributed by atoms with Crippen LogP contribution in [0, 0.1) is 6.92 Å². The molecule has 21 heavy (non-hydrogen) atoms. The molecule has 0 amide bonds. The lowest BCUT2D eigenvalue weighted by Gasteiger charge is -2.08. The zero-order valence-electron chi connectivity index (χ0n) is 12.1. The van der Waals surface area contributed by atoms with Crippen molar-refractivity contribution in [3.05, 3.63) is 23.7 Å². The monoisotopic (exact) mass is 308 g/mol. The molecule has 0 saturated heterocycles. The fourth-order valence-corrected chi connectivity index (χ4v) is 2.68. The highest BCUT2D eigenvalue weighted by Gasteiger charge is 2.18. The number of hydrogen-bond acceptors (Lipinski definition) is 5. The maximum atomic E-state index is 5.90. The number of aromatic nitrogens is 6. The molecule has 0 bridgehead atoms. The van der Waals surface area contributed by atoms with Gasteiger partial charge in [-0.1, -0.05) is 5.16 Å². The predicted octanol–water partition coefficient (Wildman–Crippen LogP) is 1.97. The van der Waals surface area contributed by atoms with Gasteiger partial charge < -0.3 is 9.09 Å². The van der Waals surface area contributed by atoms with Gasteiger partial charge in [0, 0.05) is 31.8 Å². The fourth-order valence-electron chi connectivity index (χ4n) is 2.51. The van der Waals surface area contributed by atoms with E-state index in [2.05, 4.69) is 26.7 Å². The Morgan fingerprint density at radius 3 is 2.86 bits per heavy atom. The van der Waals surface area contributed by atoms with Crippen LogP contribution < -0.4 is 0 Å². The number of aryl methyl sites for hydroxylation is 5. The molecular formula is C13H17ClN6O. The first-order chi connectivity index (χ1) is 10.2. The molecule has 8 heteroatoms. The summed E-state index contributed by atoms with van der Waals surface area (Å²) in [5.74, 6) is 2.21. The molecular weight excluding hydrogens is 292 g/mol. The molecule has 0 spiro atoms. The quantitative estimate of drug-likeness (QED) is 0.651. The molecule has 3 aromatic heterocycles. The SMILES string of the molecule is CCn1nc(C)c2nc(CCCl)n(CCc3ncon3)c21. The molecule has 0 aliphatic heterocycles. The van der Waals surface area contributed by atoms with Crippen molar-refractivity contribution in [1.82, 2.24) is 29.5 Å². The first-order valence-electron chi connectivity index (χ1n) is 6.98. The number of nitrogens with zero attached hydrogens (tertiary/aromatic N) is 6. The van der Waals surface area contributed by atoms with Crippen LogP contribution in [0.2, 0.25) is 0 Å². The van der Waals surface area contributed by atoms with Crippen LogP contribution >= 0.6 is 11.6 Å². The van der Waals surface area contributed by atoms with Gasteiger partial charge in [-0.15, -0.1) is 11.6 Å². The van der Waals surface area contributed by atoms with Gasteiger partial charge in [0.2, 0.25) is 6.39 Å². The van der Waals surface area contributed by atoms with E-state index < -0.39 is 0 Å². The number of hydrogen-bond donors (Lipinski definition) is 0. The Bertz CT molecular complexity index is 730. The first kappa shape index (κ1) is 14.1. The second-order valence-electron chi connectivity index (χ2n) is 4.79. The Hall–Kier alpha value is -1.89. The Kier molecular flexibility index (Phi) is 3.92. The van der Waals surface area contributed by atoms with Crippen LogP contribution in [0.15, 0.2) is 10.9 Å². The van der Waals surface area contributed by atoms with Crippen molar-refractivity contribution >= 4 is 22.8 Å². The molecule has 0 saturated carbocycles. The van der Waals surface area contributed by atoms with E-state index in [4.69, 9.17) is 21.1 Å². The maximum absolute atomic E-state index is 5.90. The van der Waals surface area contributed by atoms with Crippen molar-refractivity contribution in [2.24, 2.45) is 0 Å². The summed E-state index contributed by atoms with van der Waals surface area (Å²) in [4.78, 5) is 8.76. The highest BCUT2D eigenvalue weighted by Crippen LogP contribution is 2.21. The van der Waals surface area contributed by atoms with E-state index in [0.717, 1.165) is 42.2 Å². The lowest BCUT2D eigenvalue weighted by Crippen LogP contribution is -2.11. The van der Waals surface area contributed by atoms with Crippen molar-refractivity contribution in [2.45, 2.75) is 39.8 Å². The molecule has 0 atom stereocenters. The minimum atomic E-state index is 0.542. The van der Waals surface area contributed by atoms with Crippen LogP contribution in [0.1, 0.15) is 24.3 Å². The average molecular weight is 309 g/mol. The Labute approximate surface area is 126 Å². The molecule has 3 aromatic rings. The summed E-state index contributed by atoms with van der Waals surface area (Å²) in [5, 5.41) is 8.38. The van der Waals surface area contributed by atoms with Crippen molar-refractivity contribution in [3.8, 4) is 0 Å². The Balaban J connectivity index is 2.01. The maximum Gasteiger partial charge on any atom is 0.213 e. The van der Waals surface area contributed by atoms with E-state index >= 15 is 0 Å². The van der Waals surface area contributed by atoms with Crippen molar-refractivity contribution in [2.75, 3.05) is 5.88 Å². The molecule has 0 aliphatic carbocycles. The summed E-state index contributed by atoms with van der Waals surface area (Å²) >= 11 is 5.90. The molecule has 0 radical (unpaired) electrons. The molecule has 7 nitrogen and oxygen atoms in total. The first-order valence-corrected chi connectivity index (χ1v) is 7.51. The highest BCUT2D eigenvalue weighted by molar-refractivity contribution is 6.17. The normalized spacial score (nSPS) is 11.6. The van der Waals surface area contributed by atoms with Gasteiger partial charge in [0.1, 0.15) is 11.3 Å². The lowest BCUT2D eigenvalue weighted by molar-refractivity contribution is 0.408. The molecule has 0 unspecified atom stereocenters. The Morgan fingerprint density at radius 2 is 2.19 bits per heavy atom. The second-order valence-corrected chi connectivity index (χ2v) is 5.17. The van der Waals surface area contributed by atoms with Gasteiger partial charge in [0.25, 0.3) is 0 Å². The van der Waals surface area contributed by atoms with Gasteiger partial charge >= 0.3 is 0 Å². The highest BCUT2D eigenvalue weighted by atomic mass is 35.5. The molecule has 0 aliphatic rings. The second kappa shape index (κ2) is 5.85. The molecule has 3 rings (SSSR count). The molecule has 0 fully saturated rings. The fraction of sp³-hybridized carbons (Fsp3) is 0.538. The lowest BCUT2D eigenvalue weighted by atomic mass is 10.3. The molecule has 0 aromatic carbocycles. The zero-order chi connectivity index (χ0) is 14.8. The molecule has 3 heterocycles. The van der Waals surface area contributed by atoms with E-state index in [-0.39, 0.29) is 0 Å². The van der Waals surface area contributed by atoms with Gasteiger partial charge in [0.05, 0.1) is 5.69 Å². The van der Waals surface area contributed by atoms with Gasteiger partial charge in [-0.3, -0.25) is 0 Å². The van der Waals surface area contributed by atoms with Crippen LogP contribution in [-0.4, -0.2) is 35.4 Å². The Morgan fingerprint density at radius 1 is 1.33 bits per heavy atom. The average Bonchev–Trinajstić information content (AvgIpc) is 3.16. The van der Waals surface area contributed by atoms with E-state index in [0.29, 0.717) is 18.1 Å². The van der Waals surface area contributed by atoms with Gasteiger partial charge in [-0.2, -0.15) is 10.1 Å². The molecule has 112 valence electrons. The molecule has 0 N–H and O–H groups in total. The van der Waals surface area contributed by atoms with Crippen LogP contribution in [-0.2, 0) is 25.9 Å². The number of halogens is 1. The third-order valence-electron chi connectivity index (χ3n) is 3.46. The summed E-state index contributed by atoms with van der Waals surface area (Å²) < 4.78 is 8.92. The van der Waals surface area contributed by atoms with E-state index in [1.165, 1.54) is 6.39 Å². The van der Waals surface area contributed by atoms with Gasteiger partial charge in [-0.25, -0.2) is 9.67 Å². The van der Waals surface area contributed by atoms with Crippen molar-refractivity contribution < 1.29 is 4.52 Å². The van der Waals surface area contributed by atoms with Crippen molar-refractivity contribution in [3.63, 3.8) is 0 Å². The van der Waals surface area contributed by atoms with Crippen molar-refractivity contribution in [1.29, 1.82) is 0 Å².